The molecule has 1 aromatic rings. The molecular formula is C14H20N2O. The Morgan fingerprint density at radius 1 is 1.41 bits per heavy atom. The lowest BCUT2D eigenvalue weighted by atomic mass is 10.1. The Labute approximate surface area is 103 Å². The van der Waals surface area contributed by atoms with Gasteiger partial charge in [-0.3, -0.25) is 0 Å². The maximum Gasteiger partial charge on any atom is 0.101 e. The molecule has 92 valence electrons. The fraction of sp³-hybridized carbons (Fsp3) is 0.500. The number of ether oxygens (including phenoxy) is 1. The number of benzene rings is 1. The van der Waals surface area contributed by atoms with E-state index >= 15 is 0 Å². The van der Waals surface area contributed by atoms with E-state index in [1.807, 2.05) is 25.1 Å². The number of nitrogens with one attached hydrogen (secondary N) is 1. The molecule has 0 heterocycles. The number of hydrogen-bond acceptors (Lipinski definition) is 3. The van der Waals surface area contributed by atoms with E-state index in [2.05, 4.69) is 25.2 Å². The van der Waals surface area contributed by atoms with Crippen LogP contribution in [0.25, 0.3) is 0 Å². The van der Waals surface area contributed by atoms with E-state index in [-0.39, 0.29) is 0 Å². The maximum atomic E-state index is 9.00. The van der Waals surface area contributed by atoms with Gasteiger partial charge in [-0.25, -0.2) is 0 Å². The fourth-order valence-corrected chi connectivity index (χ4v) is 1.56. The van der Waals surface area contributed by atoms with Crippen LogP contribution in [0.15, 0.2) is 18.2 Å². The molecule has 3 nitrogen and oxygen atoms in total. The van der Waals surface area contributed by atoms with Crippen molar-refractivity contribution >= 4 is 5.69 Å². The van der Waals surface area contributed by atoms with Gasteiger partial charge in [-0.05, 0) is 24.5 Å². The molecule has 0 saturated carbocycles. The molecule has 0 spiro atoms. The van der Waals surface area contributed by atoms with Gasteiger partial charge < -0.3 is 10.1 Å². The lowest BCUT2D eigenvalue weighted by Gasteiger charge is -2.12. The van der Waals surface area contributed by atoms with Gasteiger partial charge in [0, 0.05) is 13.2 Å². The van der Waals surface area contributed by atoms with Crippen LogP contribution < -0.4 is 5.32 Å². The highest BCUT2D eigenvalue weighted by Crippen LogP contribution is 2.19. The summed E-state index contributed by atoms with van der Waals surface area (Å²) < 4.78 is 5.48. The third-order valence-electron chi connectivity index (χ3n) is 2.39. The van der Waals surface area contributed by atoms with Crippen LogP contribution in [0.5, 0.6) is 0 Å². The molecule has 0 fully saturated rings. The molecule has 0 radical (unpaired) electrons. The summed E-state index contributed by atoms with van der Waals surface area (Å²) in [6.45, 7) is 8.42. The van der Waals surface area contributed by atoms with Crippen molar-refractivity contribution < 1.29 is 4.74 Å². The Balaban J connectivity index is 2.44. The highest BCUT2D eigenvalue weighted by molar-refractivity contribution is 5.62. The Morgan fingerprint density at radius 2 is 2.18 bits per heavy atom. The summed E-state index contributed by atoms with van der Waals surface area (Å²) in [6.07, 6.45) is 0. The van der Waals surface area contributed by atoms with Gasteiger partial charge in [-0.15, -0.1) is 0 Å². The highest BCUT2D eigenvalue weighted by atomic mass is 16.5. The van der Waals surface area contributed by atoms with Crippen molar-refractivity contribution in [3.8, 4) is 6.07 Å². The topological polar surface area (TPSA) is 45.0 Å². The normalized spacial score (nSPS) is 10.3. The third kappa shape index (κ3) is 4.46. The van der Waals surface area contributed by atoms with E-state index in [1.165, 1.54) is 0 Å². The molecule has 1 rings (SSSR count). The molecule has 0 saturated heterocycles. The molecule has 3 heteroatoms. The Hall–Kier alpha value is -1.53. The average Bonchev–Trinajstić information content (AvgIpc) is 2.30. The van der Waals surface area contributed by atoms with Gasteiger partial charge in [0.2, 0.25) is 0 Å². The largest absolute Gasteiger partial charge is 0.381 e. The first-order chi connectivity index (χ1) is 8.15. The van der Waals surface area contributed by atoms with Crippen LogP contribution in [0.2, 0.25) is 0 Å². The summed E-state index contributed by atoms with van der Waals surface area (Å²) in [5.41, 5.74) is 2.70. The first-order valence-corrected chi connectivity index (χ1v) is 5.96. The number of hydrogen-bond donors (Lipinski definition) is 1. The van der Waals surface area contributed by atoms with Crippen molar-refractivity contribution in [1.82, 2.24) is 0 Å². The average molecular weight is 232 g/mol. The quantitative estimate of drug-likeness (QED) is 0.767. The van der Waals surface area contributed by atoms with Crippen molar-refractivity contribution in [2.24, 2.45) is 5.92 Å². The van der Waals surface area contributed by atoms with Gasteiger partial charge in [0.15, 0.2) is 0 Å². The van der Waals surface area contributed by atoms with Crippen LogP contribution >= 0.6 is 0 Å². The van der Waals surface area contributed by atoms with Crippen LogP contribution in [0.4, 0.5) is 5.69 Å². The number of rotatable bonds is 6. The molecule has 0 unspecified atom stereocenters. The number of para-hydroxylation sites is 1. The summed E-state index contributed by atoms with van der Waals surface area (Å²) >= 11 is 0. The molecule has 1 aromatic carbocycles. The number of aryl methyl sites for hydroxylation is 1. The standard InChI is InChI=1S/C14H20N2O/c1-11(2)10-17-8-7-16-14-12(3)5-4-6-13(14)9-15/h4-6,11,16H,7-8,10H2,1-3H3. The predicted octanol–water partition coefficient (Wildman–Crippen LogP) is 2.95. The van der Waals surface area contributed by atoms with Gasteiger partial charge in [0.1, 0.15) is 6.07 Å². The zero-order valence-corrected chi connectivity index (χ0v) is 10.8. The molecule has 0 bridgehead atoms. The van der Waals surface area contributed by atoms with Crippen LogP contribution in [0, 0.1) is 24.2 Å². The Bertz CT molecular complexity index is 394. The summed E-state index contributed by atoms with van der Waals surface area (Å²) in [5, 5.41) is 12.3. The minimum absolute atomic E-state index is 0.558. The third-order valence-corrected chi connectivity index (χ3v) is 2.39. The second kappa shape index (κ2) is 6.93. The van der Waals surface area contributed by atoms with Crippen LogP contribution in [0.1, 0.15) is 25.0 Å². The van der Waals surface area contributed by atoms with Crippen molar-refractivity contribution in [3.63, 3.8) is 0 Å². The number of nitriles is 1. The summed E-state index contributed by atoms with van der Waals surface area (Å²) in [5.74, 6) is 0.558. The van der Waals surface area contributed by atoms with Crippen LogP contribution in [-0.4, -0.2) is 19.8 Å². The van der Waals surface area contributed by atoms with Gasteiger partial charge in [-0.2, -0.15) is 5.26 Å². The first kappa shape index (κ1) is 13.5. The van der Waals surface area contributed by atoms with Crippen molar-refractivity contribution in [3.05, 3.63) is 29.3 Å². The van der Waals surface area contributed by atoms with E-state index in [0.29, 0.717) is 18.1 Å². The van der Waals surface area contributed by atoms with Gasteiger partial charge in [-0.1, -0.05) is 26.0 Å². The monoisotopic (exact) mass is 232 g/mol. The molecular weight excluding hydrogens is 212 g/mol. The molecule has 0 aliphatic heterocycles. The van der Waals surface area contributed by atoms with Crippen molar-refractivity contribution in [2.75, 3.05) is 25.1 Å². The Morgan fingerprint density at radius 3 is 2.82 bits per heavy atom. The van der Waals surface area contributed by atoms with E-state index in [9.17, 15) is 0 Å². The lowest BCUT2D eigenvalue weighted by molar-refractivity contribution is 0.118. The highest BCUT2D eigenvalue weighted by Gasteiger charge is 2.03. The molecule has 1 N–H and O–H groups in total. The fourth-order valence-electron chi connectivity index (χ4n) is 1.56. The smallest absolute Gasteiger partial charge is 0.101 e. The van der Waals surface area contributed by atoms with E-state index in [4.69, 9.17) is 10.00 Å². The molecule has 0 atom stereocenters. The van der Waals surface area contributed by atoms with Crippen LogP contribution in [0.3, 0.4) is 0 Å². The first-order valence-electron chi connectivity index (χ1n) is 5.96. The van der Waals surface area contributed by atoms with Crippen molar-refractivity contribution in [2.45, 2.75) is 20.8 Å². The predicted molar refractivity (Wildman–Crippen MR) is 70.0 cm³/mol. The molecule has 0 aliphatic rings. The van der Waals surface area contributed by atoms with Gasteiger partial charge >= 0.3 is 0 Å². The second-order valence-electron chi connectivity index (χ2n) is 4.50. The van der Waals surface area contributed by atoms with E-state index in [0.717, 1.165) is 24.4 Å². The zero-order valence-electron chi connectivity index (χ0n) is 10.8. The summed E-state index contributed by atoms with van der Waals surface area (Å²) in [7, 11) is 0. The maximum absolute atomic E-state index is 9.00. The molecule has 17 heavy (non-hydrogen) atoms. The lowest BCUT2D eigenvalue weighted by Crippen LogP contribution is -2.13. The summed E-state index contributed by atoms with van der Waals surface area (Å²) in [6, 6.07) is 7.91. The van der Waals surface area contributed by atoms with Gasteiger partial charge in [0.05, 0.1) is 17.9 Å². The SMILES string of the molecule is Cc1cccc(C#N)c1NCCOCC(C)C. The van der Waals surface area contributed by atoms with Crippen molar-refractivity contribution in [1.29, 1.82) is 5.26 Å². The molecule has 0 amide bonds. The minimum atomic E-state index is 0.558. The zero-order chi connectivity index (χ0) is 12.7. The summed E-state index contributed by atoms with van der Waals surface area (Å²) in [4.78, 5) is 0. The van der Waals surface area contributed by atoms with Crippen LogP contribution in [-0.2, 0) is 4.74 Å². The Kier molecular flexibility index (Phi) is 5.51. The van der Waals surface area contributed by atoms with E-state index < -0.39 is 0 Å². The number of nitrogens with zero attached hydrogens (tertiary/aromatic N) is 1. The minimum Gasteiger partial charge on any atom is -0.381 e. The molecule has 0 aliphatic carbocycles. The number of anilines is 1. The van der Waals surface area contributed by atoms with E-state index in [1.54, 1.807) is 0 Å². The molecule has 0 aromatic heterocycles. The second-order valence-corrected chi connectivity index (χ2v) is 4.50. The van der Waals surface area contributed by atoms with Gasteiger partial charge in [0.25, 0.3) is 0 Å².